The summed E-state index contributed by atoms with van der Waals surface area (Å²) in [5.74, 6) is -0.00479. The number of fused-ring (bicyclic) bond motifs is 1. The summed E-state index contributed by atoms with van der Waals surface area (Å²) in [5, 5.41) is 7.09. The van der Waals surface area contributed by atoms with Crippen LogP contribution in [0.3, 0.4) is 0 Å². The Morgan fingerprint density at radius 1 is 1.40 bits per heavy atom. The summed E-state index contributed by atoms with van der Waals surface area (Å²) in [4.78, 5) is 15.3. The lowest BCUT2D eigenvalue weighted by molar-refractivity contribution is -0.123. The van der Waals surface area contributed by atoms with E-state index in [1.807, 2.05) is 24.4 Å². The standard InChI is InChI=1S/C15H21N3O2/c1-16-14(15(19)17-7-8-20-2)9-11-10-18-13-6-4-3-5-12(11)13/h3-6,10,14,16,18H,7-9H2,1-2H3,(H,17,19). The van der Waals surface area contributed by atoms with Crippen LogP contribution in [0.5, 0.6) is 0 Å². The van der Waals surface area contributed by atoms with E-state index in [-0.39, 0.29) is 11.9 Å². The first-order valence-electron chi connectivity index (χ1n) is 6.75. The predicted octanol–water partition coefficient (Wildman–Crippen LogP) is 1.06. The number of aromatic nitrogens is 1. The van der Waals surface area contributed by atoms with Gasteiger partial charge in [0, 0.05) is 30.8 Å². The molecule has 0 saturated carbocycles. The van der Waals surface area contributed by atoms with Crippen LogP contribution in [0.15, 0.2) is 30.5 Å². The first kappa shape index (κ1) is 14.6. The SMILES string of the molecule is CNC(Cc1c[nH]c2ccccc12)C(=O)NCCOC. The van der Waals surface area contributed by atoms with Crippen molar-refractivity contribution in [1.82, 2.24) is 15.6 Å². The van der Waals surface area contributed by atoms with E-state index >= 15 is 0 Å². The molecule has 20 heavy (non-hydrogen) atoms. The minimum absolute atomic E-state index is 0.00479. The average Bonchev–Trinajstić information content (AvgIpc) is 2.88. The van der Waals surface area contributed by atoms with Crippen LogP contribution in [0.2, 0.25) is 0 Å². The lowest BCUT2D eigenvalue weighted by atomic mass is 10.0. The quantitative estimate of drug-likeness (QED) is 0.662. The van der Waals surface area contributed by atoms with Gasteiger partial charge in [-0.15, -0.1) is 0 Å². The molecular weight excluding hydrogens is 254 g/mol. The van der Waals surface area contributed by atoms with Gasteiger partial charge < -0.3 is 20.4 Å². The molecule has 0 fully saturated rings. The third-order valence-electron chi connectivity index (χ3n) is 3.37. The summed E-state index contributed by atoms with van der Waals surface area (Å²) < 4.78 is 4.93. The highest BCUT2D eigenvalue weighted by Crippen LogP contribution is 2.19. The van der Waals surface area contributed by atoms with Gasteiger partial charge in [-0.3, -0.25) is 4.79 Å². The zero-order valence-corrected chi connectivity index (χ0v) is 11.9. The van der Waals surface area contributed by atoms with Gasteiger partial charge >= 0.3 is 0 Å². The molecule has 5 nitrogen and oxygen atoms in total. The van der Waals surface area contributed by atoms with Crippen molar-refractivity contribution in [3.05, 3.63) is 36.0 Å². The number of ether oxygens (including phenoxy) is 1. The monoisotopic (exact) mass is 275 g/mol. The Hall–Kier alpha value is -1.85. The summed E-state index contributed by atoms with van der Waals surface area (Å²) in [6, 6.07) is 7.86. The molecule has 0 bridgehead atoms. The second kappa shape index (κ2) is 7.07. The first-order chi connectivity index (χ1) is 9.76. The highest BCUT2D eigenvalue weighted by Gasteiger charge is 2.18. The zero-order valence-electron chi connectivity index (χ0n) is 11.9. The van der Waals surface area contributed by atoms with E-state index in [0.29, 0.717) is 19.6 Å². The van der Waals surface area contributed by atoms with Crippen LogP contribution in [0.1, 0.15) is 5.56 Å². The minimum Gasteiger partial charge on any atom is -0.383 e. The van der Waals surface area contributed by atoms with Crippen molar-refractivity contribution in [3.8, 4) is 0 Å². The molecule has 108 valence electrons. The van der Waals surface area contributed by atoms with Gasteiger partial charge in [0.1, 0.15) is 0 Å². The number of rotatable bonds is 7. The Labute approximate surface area is 118 Å². The highest BCUT2D eigenvalue weighted by molar-refractivity contribution is 5.86. The maximum absolute atomic E-state index is 12.1. The molecule has 0 aliphatic carbocycles. The van der Waals surface area contributed by atoms with E-state index in [0.717, 1.165) is 16.5 Å². The van der Waals surface area contributed by atoms with Gasteiger partial charge in [-0.2, -0.15) is 0 Å². The van der Waals surface area contributed by atoms with E-state index in [4.69, 9.17) is 4.74 Å². The van der Waals surface area contributed by atoms with Crippen molar-refractivity contribution in [1.29, 1.82) is 0 Å². The van der Waals surface area contributed by atoms with Gasteiger partial charge in [0.25, 0.3) is 0 Å². The van der Waals surface area contributed by atoms with E-state index in [1.54, 1.807) is 14.2 Å². The van der Waals surface area contributed by atoms with Crippen LogP contribution in [0.25, 0.3) is 10.9 Å². The van der Waals surface area contributed by atoms with Crippen LogP contribution in [-0.2, 0) is 16.0 Å². The number of para-hydroxylation sites is 1. The van der Waals surface area contributed by atoms with Gasteiger partial charge in [-0.1, -0.05) is 18.2 Å². The molecule has 0 saturated heterocycles. The maximum atomic E-state index is 12.1. The van der Waals surface area contributed by atoms with E-state index < -0.39 is 0 Å². The maximum Gasteiger partial charge on any atom is 0.237 e. The van der Waals surface area contributed by atoms with Crippen molar-refractivity contribution in [3.63, 3.8) is 0 Å². The largest absolute Gasteiger partial charge is 0.383 e. The van der Waals surface area contributed by atoms with Crippen molar-refractivity contribution in [2.45, 2.75) is 12.5 Å². The van der Waals surface area contributed by atoms with Gasteiger partial charge in [-0.25, -0.2) is 0 Å². The number of likely N-dealkylation sites (N-methyl/N-ethyl adjacent to an activating group) is 1. The molecule has 0 radical (unpaired) electrons. The van der Waals surface area contributed by atoms with Crippen molar-refractivity contribution in [2.24, 2.45) is 0 Å². The summed E-state index contributed by atoms with van der Waals surface area (Å²) in [5.41, 5.74) is 2.24. The summed E-state index contributed by atoms with van der Waals surface area (Å²) in [7, 11) is 3.42. The second-order valence-corrected chi connectivity index (χ2v) is 4.69. The van der Waals surface area contributed by atoms with Crippen molar-refractivity contribution >= 4 is 16.8 Å². The normalized spacial score (nSPS) is 12.5. The van der Waals surface area contributed by atoms with Crippen LogP contribution in [0.4, 0.5) is 0 Å². The number of hydrogen-bond acceptors (Lipinski definition) is 3. The predicted molar refractivity (Wildman–Crippen MR) is 79.7 cm³/mol. The Morgan fingerprint density at radius 2 is 2.20 bits per heavy atom. The molecule has 2 rings (SSSR count). The molecule has 0 aliphatic heterocycles. The van der Waals surface area contributed by atoms with E-state index in [1.165, 1.54) is 0 Å². The van der Waals surface area contributed by atoms with Gasteiger partial charge in [0.15, 0.2) is 0 Å². The molecule has 3 N–H and O–H groups in total. The Morgan fingerprint density at radius 3 is 2.95 bits per heavy atom. The topological polar surface area (TPSA) is 66.2 Å². The molecule has 5 heteroatoms. The molecule has 1 amide bonds. The van der Waals surface area contributed by atoms with Crippen LogP contribution < -0.4 is 10.6 Å². The number of H-pyrrole nitrogens is 1. The van der Waals surface area contributed by atoms with Gasteiger partial charge in [0.05, 0.1) is 12.6 Å². The molecular formula is C15H21N3O2. The Bertz CT molecular complexity index is 565. The first-order valence-corrected chi connectivity index (χ1v) is 6.75. The molecule has 1 atom stereocenters. The fourth-order valence-corrected chi connectivity index (χ4v) is 2.25. The summed E-state index contributed by atoms with van der Waals surface area (Å²) in [6.07, 6.45) is 2.62. The number of amides is 1. The number of carbonyl (C=O) groups excluding carboxylic acids is 1. The van der Waals surface area contributed by atoms with Crippen molar-refractivity contribution < 1.29 is 9.53 Å². The molecule has 2 aromatic rings. The lowest BCUT2D eigenvalue weighted by Gasteiger charge is -2.15. The number of hydrogen-bond donors (Lipinski definition) is 3. The minimum atomic E-state index is -0.244. The molecule has 1 heterocycles. The number of methoxy groups -OCH3 is 1. The lowest BCUT2D eigenvalue weighted by Crippen LogP contribution is -2.44. The third kappa shape index (κ3) is 3.37. The van der Waals surface area contributed by atoms with E-state index in [2.05, 4.69) is 21.7 Å². The fourth-order valence-electron chi connectivity index (χ4n) is 2.25. The zero-order chi connectivity index (χ0) is 14.4. The summed E-state index contributed by atoms with van der Waals surface area (Å²) >= 11 is 0. The second-order valence-electron chi connectivity index (χ2n) is 4.69. The van der Waals surface area contributed by atoms with Crippen molar-refractivity contribution in [2.75, 3.05) is 27.3 Å². The molecule has 1 unspecified atom stereocenters. The molecule has 1 aromatic heterocycles. The number of carbonyl (C=O) groups is 1. The number of aromatic amines is 1. The molecule has 1 aromatic carbocycles. The van der Waals surface area contributed by atoms with Crippen LogP contribution in [0, 0.1) is 0 Å². The Kier molecular flexibility index (Phi) is 5.15. The smallest absolute Gasteiger partial charge is 0.237 e. The van der Waals surface area contributed by atoms with Crippen LogP contribution in [-0.4, -0.2) is 44.2 Å². The number of nitrogens with one attached hydrogen (secondary N) is 3. The highest BCUT2D eigenvalue weighted by atomic mass is 16.5. The third-order valence-corrected chi connectivity index (χ3v) is 3.37. The number of benzene rings is 1. The van der Waals surface area contributed by atoms with Crippen LogP contribution >= 0.6 is 0 Å². The van der Waals surface area contributed by atoms with Gasteiger partial charge in [0.2, 0.25) is 5.91 Å². The van der Waals surface area contributed by atoms with Gasteiger partial charge in [-0.05, 0) is 25.1 Å². The average molecular weight is 275 g/mol. The fraction of sp³-hybridized carbons (Fsp3) is 0.400. The molecule has 0 aliphatic rings. The molecule has 0 spiro atoms. The van der Waals surface area contributed by atoms with E-state index in [9.17, 15) is 4.79 Å². The Balaban J connectivity index is 2.04. The summed E-state index contributed by atoms with van der Waals surface area (Å²) in [6.45, 7) is 1.05.